The molecule has 25 heavy (non-hydrogen) atoms. The normalized spacial score (nSPS) is 10.7. The predicted octanol–water partition coefficient (Wildman–Crippen LogP) is 3.89. The van der Waals surface area contributed by atoms with Gasteiger partial charge in [0.2, 0.25) is 5.95 Å². The van der Waals surface area contributed by atoms with E-state index in [1.165, 1.54) is 0 Å². The third kappa shape index (κ3) is 3.12. The Balaban J connectivity index is 1.82. The topological polar surface area (TPSA) is 76.7 Å². The zero-order valence-corrected chi connectivity index (χ0v) is 13.6. The van der Waals surface area contributed by atoms with Crippen molar-refractivity contribution in [1.82, 2.24) is 15.0 Å². The Kier molecular flexibility index (Phi) is 3.96. The molecule has 0 radical (unpaired) electrons. The molecule has 0 spiro atoms. The highest BCUT2D eigenvalue weighted by Gasteiger charge is 2.12. The number of anilines is 2. The Morgan fingerprint density at radius 2 is 1.68 bits per heavy atom. The molecule has 2 aromatic heterocycles. The van der Waals surface area contributed by atoms with E-state index >= 15 is 0 Å². The van der Waals surface area contributed by atoms with Crippen molar-refractivity contribution in [2.75, 3.05) is 11.1 Å². The molecule has 0 fully saturated rings. The van der Waals surface area contributed by atoms with Crippen molar-refractivity contribution in [3.05, 3.63) is 78.6 Å². The lowest BCUT2D eigenvalue weighted by Crippen LogP contribution is -2.07. The fraction of sp³-hybridized carbons (Fsp3) is 0.0500. The van der Waals surface area contributed by atoms with E-state index in [9.17, 15) is 0 Å². The number of aromatic nitrogens is 3. The van der Waals surface area contributed by atoms with E-state index in [1.54, 1.807) is 6.20 Å². The molecule has 0 saturated carbocycles. The van der Waals surface area contributed by atoms with Crippen molar-refractivity contribution < 1.29 is 0 Å². The zero-order valence-electron chi connectivity index (χ0n) is 13.6. The van der Waals surface area contributed by atoms with Gasteiger partial charge in [0, 0.05) is 6.20 Å². The van der Waals surface area contributed by atoms with Gasteiger partial charge in [-0.25, -0.2) is 4.98 Å². The van der Waals surface area contributed by atoms with Crippen LogP contribution in [0.4, 0.5) is 11.8 Å². The second kappa shape index (κ2) is 6.57. The molecular weight excluding hydrogens is 310 g/mol. The first kappa shape index (κ1) is 15.1. The Hall–Kier alpha value is -3.47. The van der Waals surface area contributed by atoms with Crippen LogP contribution in [0.25, 0.3) is 22.0 Å². The summed E-state index contributed by atoms with van der Waals surface area (Å²) in [4.78, 5) is 13.2. The first-order valence-corrected chi connectivity index (χ1v) is 8.07. The van der Waals surface area contributed by atoms with E-state index in [-0.39, 0.29) is 5.95 Å². The number of benzene rings is 2. The second-order valence-corrected chi connectivity index (χ2v) is 5.67. The summed E-state index contributed by atoms with van der Waals surface area (Å²) in [6, 6.07) is 22.0. The highest BCUT2D eigenvalue weighted by molar-refractivity contribution is 6.02. The number of rotatable bonds is 4. The minimum absolute atomic E-state index is 0.251. The van der Waals surface area contributed by atoms with Crippen LogP contribution in [0, 0.1) is 0 Å². The maximum atomic E-state index is 5.90. The van der Waals surface area contributed by atoms with E-state index in [4.69, 9.17) is 5.73 Å². The summed E-state index contributed by atoms with van der Waals surface area (Å²) >= 11 is 0. The summed E-state index contributed by atoms with van der Waals surface area (Å²) in [6.45, 7) is 0.565. The molecule has 0 aliphatic heterocycles. The average molecular weight is 327 g/mol. The standard InChI is InChI=1S/C20H17N5/c21-20-24-17-11-6-10-16(14-7-2-1-3-8-14)18(17)19(25-20)23-13-15-9-4-5-12-22-15/h1-12H,13H2,(H3,21,23,24,25). The molecule has 0 unspecified atom stereocenters. The summed E-state index contributed by atoms with van der Waals surface area (Å²) in [5, 5.41) is 4.32. The highest BCUT2D eigenvalue weighted by Crippen LogP contribution is 2.32. The van der Waals surface area contributed by atoms with Gasteiger partial charge in [0.1, 0.15) is 5.82 Å². The van der Waals surface area contributed by atoms with Crippen molar-refractivity contribution >= 4 is 22.7 Å². The Labute approximate surface area is 145 Å². The van der Waals surface area contributed by atoms with Gasteiger partial charge in [0.05, 0.1) is 23.1 Å². The maximum absolute atomic E-state index is 5.90. The largest absolute Gasteiger partial charge is 0.368 e. The summed E-state index contributed by atoms with van der Waals surface area (Å²) in [7, 11) is 0. The predicted molar refractivity (Wildman–Crippen MR) is 101 cm³/mol. The first-order chi connectivity index (χ1) is 12.3. The lowest BCUT2D eigenvalue weighted by Gasteiger charge is -2.13. The number of hydrogen-bond donors (Lipinski definition) is 2. The van der Waals surface area contributed by atoms with E-state index < -0.39 is 0 Å². The number of nitrogens with one attached hydrogen (secondary N) is 1. The van der Waals surface area contributed by atoms with Gasteiger partial charge in [-0.2, -0.15) is 4.98 Å². The van der Waals surface area contributed by atoms with Crippen LogP contribution in [0.1, 0.15) is 5.69 Å². The number of nitrogens with zero attached hydrogens (tertiary/aromatic N) is 3. The molecule has 0 aliphatic rings. The Morgan fingerprint density at radius 1 is 0.840 bits per heavy atom. The SMILES string of the molecule is Nc1nc(NCc2ccccn2)c2c(-c3ccccc3)cccc2n1. The van der Waals surface area contributed by atoms with Crippen molar-refractivity contribution in [2.45, 2.75) is 6.54 Å². The van der Waals surface area contributed by atoms with Crippen LogP contribution in [-0.2, 0) is 6.54 Å². The summed E-state index contributed by atoms with van der Waals surface area (Å²) in [5.74, 6) is 0.967. The Bertz CT molecular complexity index is 1000. The maximum Gasteiger partial charge on any atom is 0.222 e. The van der Waals surface area contributed by atoms with Gasteiger partial charge in [-0.3, -0.25) is 4.98 Å². The fourth-order valence-electron chi connectivity index (χ4n) is 2.86. The van der Waals surface area contributed by atoms with Gasteiger partial charge >= 0.3 is 0 Å². The van der Waals surface area contributed by atoms with Gasteiger partial charge in [0.25, 0.3) is 0 Å². The van der Waals surface area contributed by atoms with Gasteiger partial charge in [-0.15, -0.1) is 0 Å². The molecule has 0 saturated heterocycles. The van der Waals surface area contributed by atoms with E-state index in [0.29, 0.717) is 12.4 Å². The minimum Gasteiger partial charge on any atom is -0.368 e. The van der Waals surface area contributed by atoms with Crippen LogP contribution >= 0.6 is 0 Å². The minimum atomic E-state index is 0.251. The first-order valence-electron chi connectivity index (χ1n) is 8.07. The lowest BCUT2D eigenvalue weighted by molar-refractivity contribution is 1.03. The summed E-state index contributed by atoms with van der Waals surface area (Å²) in [5.41, 5.74) is 9.84. The molecule has 5 nitrogen and oxygen atoms in total. The lowest BCUT2D eigenvalue weighted by atomic mass is 10.0. The highest BCUT2D eigenvalue weighted by atomic mass is 15.1. The monoisotopic (exact) mass is 327 g/mol. The molecule has 2 aromatic carbocycles. The van der Waals surface area contributed by atoms with Crippen LogP contribution in [-0.4, -0.2) is 15.0 Å². The molecule has 2 heterocycles. The van der Waals surface area contributed by atoms with Crippen LogP contribution < -0.4 is 11.1 Å². The van der Waals surface area contributed by atoms with Crippen molar-refractivity contribution in [1.29, 1.82) is 0 Å². The average Bonchev–Trinajstić information content (AvgIpc) is 2.67. The second-order valence-electron chi connectivity index (χ2n) is 5.67. The molecule has 5 heteroatoms. The number of nitrogen functional groups attached to an aromatic ring is 1. The molecule has 4 aromatic rings. The number of hydrogen-bond acceptors (Lipinski definition) is 5. The third-order valence-corrected chi connectivity index (χ3v) is 3.99. The van der Waals surface area contributed by atoms with E-state index in [1.807, 2.05) is 48.5 Å². The third-order valence-electron chi connectivity index (χ3n) is 3.99. The quantitative estimate of drug-likeness (QED) is 0.595. The molecule has 0 bridgehead atoms. The molecule has 0 aliphatic carbocycles. The summed E-state index contributed by atoms with van der Waals surface area (Å²) in [6.07, 6.45) is 1.78. The molecule has 122 valence electrons. The van der Waals surface area contributed by atoms with Crippen LogP contribution in [0.15, 0.2) is 72.9 Å². The van der Waals surface area contributed by atoms with E-state index in [0.717, 1.165) is 27.7 Å². The number of fused-ring (bicyclic) bond motifs is 1. The van der Waals surface area contributed by atoms with Crippen molar-refractivity contribution in [2.24, 2.45) is 0 Å². The number of pyridine rings is 1. The molecule has 0 amide bonds. The fourth-order valence-corrected chi connectivity index (χ4v) is 2.86. The molecular formula is C20H17N5. The molecule has 4 rings (SSSR count). The molecule has 0 atom stereocenters. The van der Waals surface area contributed by atoms with Crippen molar-refractivity contribution in [3.63, 3.8) is 0 Å². The van der Waals surface area contributed by atoms with Crippen LogP contribution in [0.5, 0.6) is 0 Å². The van der Waals surface area contributed by atoms with Crippen LogP contribution in [0.3, 0.4) is 0 Å². The van der Waals surface area contributed by atoms with E-state index in [2.05, 4.69) is 38.5 Å². The Morgan fingerprint density at radius 3 is 2.48 bits per heavy atom. The van der Waals surface area contributed by atoms with Crippen LogP contribution in [0.2, 0.25) is 0 Å². The smallest absolute Gasteiger partial charge is 0.222 e. The van der Waals surface area contributed by atoms with Crippen molar-refractivity contribution in [3.8, 4) is 11.1 Å². The number of nitrogens with two attached hydrogens (primary N) is 1. The molecule has 3 N–H and O–H groups in total. The zero-order chi connectivity index (χ0) is 17.1. The van der Waals surface area contributed by atoms with Gasteiger partial charge in [0.15, 0.2) is 0 Å². The summed E-state index contributed by atoms with van der Waals surface area (Å²) < 4.78 is 0. The van der Waals surface area contributed by atoms with Gasteiger partial charge in [-0.1, -0.05) is 48.5 Å². The van der Waals surface area contributed by atoms with Gasteiger partial charge in [-0.05, 0) is 29.3 Å². The van der Waals surface area contributed by atoms with Gasteiger partial charge < -0.3 is 11.1 Å².